The van der Waals surface area contributed by atoms with E-state index in [0.29, 0.717) is 0 Å². The molecule has 4 nitrogen and oxygen atoms in total. The van der Waals surface area contributed by atoms with Crippen molar-refractivity contribution >= 4 is 0 Å². The van der Waals surface area contributed by atoms with Crippen LogP contribution in [0.25, 0.3) is 0 Å². The smallest absolute Gasteiger partial charge is 0.0608 e. The lowest BCUT2D eigenvalue weighted by molar-refractivity contribution is 0.0106. The molecule has 84 valence electrons. The lowest BCUT2D eigenvalue weighted by atomic mass is 10.3. The Morgan fingerprint density at radius 1 is 1.40 bits per heavy atom. The molecular formula is C11H19N3O. The van der Waals surface area contributed by atoms with Crippen molar-refractivity contribution in [3.8, 4) is 0 Å². The Morgan fingerprint density at radius 3 is 2.87 bits per heavy atom. The quantitative estimate of drug-likeness (QED) is 0.797. The average molecular weight is 209 g/mol. The minimum atomic E-state index is 0.836. The topological polar surface area (TPSA) is 29.4 Å². The van der Waals surface area contributed by atoms with Crippen molar-refractivity contribution in [1.29, 1.82) is 0 Å². The maximum atomic E-state index is 5.29. The molecular weight excluding hydrogens is 190 g/mol. The van der Waals surface area contributed by atoms with E-state index in [9.17, 15) is 0 Å². The zero-order valence-electron chi connectivity index (χ0n) is 9.28. The molecule has 2 rings (SSSR count). The van der Waals surface area contributed by atoms with Gasteiger partial charge in [-0.25, -0.2) is 5.01 Å². The summed E-state index contributed by atoms with van der Waals surface area (Å²) in [5.74, 6) is 0. The summed E-state index contributed by atoms with van der Waals surface area (Å²) in [7, 11) is 0. The molecule has 1 aromatic heterocycles. The first kappa shape index (κ1) is 10.7. The molecule has 0 aliphatic carbocycles. The second-order valence-electron chi connectivity index (χ2n) is 3.78. The molecule has 1 aliphatic rings. The minimum absolute atomic E-state index is 0.836. The van der Waals surface area contributed by atoms with Crippen molar-refractivity contribution in [3.63, 3.8) is 0 Å². The largest absolute Gasteiger partial charge is 0.379 e. The number of rotatable bonds is 4. The maximum absolute atomic E-state index is 5.29. The lowest BCUT2D eigenvalue weighted by Gasteiger charge is -2.27. The van der Waals surface area contributed by atoms with E-state index in [1.807, 2.05) is 0 Å². The molecule has 1 aliphatic heterocycles. The molecule has 1 saturated heterocycles. The number of ether oxygens (including phenoxy) is 1. The summed E-state index contributed by atoms with van der Waals surface area (Å²) in [6, 6.07) is 2.16. The Labute approximate surface area is 90.8 Å². The maximum Gasteiger partial charge on any atom is 0.0608 e. The highest BCUT2D eigenvalue weighted by atomic mass is 16.5. The molecule has 0 saturated carbocycles. The number of aryl methyl sites for hydroxylation is 1. The molecule has 0 aromatic carbocycles. The van der Waals surface area contributed by atoms with Gasteiger partial charge in [0.15, 0.2) is 0 Å². The number of hydrazine groups is 1. The van der Waals surface area contributed by atoms with Crippen LogP contribution >= 0.6 is 0 Å². The summed E-state index contributed by atoms with van der Waals surface area (Å²) in [4.78, 5) is 0. The molecule has 0 unspecified atom stereocenters. The van der Waals surface area contributed by atoms with Gasteiger partial charge in [0, 0.05) is 38.6 Å². The first-order valence-corrected chi connectivity index (χ1v) is 5.59. The van der Waals surface area contributed by atoms with Crippen LogP contribution < -0.4 is 5.43 Å². The molecule has 2 heterocycles. The molecule has 0 spiro atoms. The predicted molar refractivity (Wildman–Crippen MR) is 59.3 cm³/mol. The number of nitrogens with zero attached hydrogens (tertiary/aromatic N) is 2. The Hall–Kier alpha value is -0.840. The first-order chi connectivity index (χ1) is 7.38. The van der Waals surface area contributed by atoms with E-state index in [-0.39, 0.29) is 0 Å². The van der Waals surface area contributed by atoms with Crippen LogP contribution in [0.15, 0.2) is 18.5 Å². The molecule has 0 atom stereocenters. The fourth-order valence-electron chi connectivity index (χ4n) is 1.72. The van der Waals surface area contributed by atoms with Gasteiger partial charge in [0.1, 0.15) is 0 Å². The Bertz CT molecular complexity index is 292. The second kappa shape index (κ2) is 5.30. The summed E-state index contributed by atoms with van der Waals surface area (Å²) < 4.78 is 7.48. The van der Waals surface area contributed by atoms with Crippen LogP contribution in [-0.4, -0.2) is 35.9 Å². The van der Waals surface area contributed by atoms with E-state index in [1.165, 1.54) is 5.56 Å². The van der Waals surface area contributed by atoms with Crippen LogP contribution in [0.2, 0.25) is 0 Å². The molecule has 1 N–H and O–H groups in total. The number of nitrogens with one attached hydrogen (secondary N) is 1. The average Bonchev–Trinajstić information content (AvgIpc) is 2.76. The van der Waals surface area contributed by atoms with Crippen LogP contribution in [0.1, 0.15) is 12.5 Å². The third kappa shape index (κ3) is 3.06. The Kier molecular flexibility index (Phi) is 3.77. The zero-order chi connectivity index (χ0) is 10.5. The van der Waals surface area contributed by atoms with Crippen LogP contribution in [0, 0.1) is 0 Å². The monoisotopic (exact) mass is 209 g/mol. The van der Waals surface area contributed by atoms with Gasteiger partial charge in [0.2, 0.25) is 0 Å². The van der Waals surface area contributed by atoms with Crippen molar-refractivity contribution in [2.45, 2.75) is 20.0 Å². The van der Waals surface area contributed by atoms with E-state index < -0.39 is 0 Å². The highest BCUT2D eigenvalue weighted by Gasteiger charge is 2.09. The van der Waals surface area contributed by atoms with Crippen molar-refractivity contribution in [3.05, 3.63) is 24.0 Å². The van der Waals surface area contributed by atoms with E-state index in [0.717, 1.165) is 39.4 Å². The fourth-order valence-corrected chi connectivity index (χ4v) is 1.72. The Balaban J connectivity index is 1.76. The van der Waals surface area contributed by atoms with Gasteiger partial charge >= 0.3 is 0 Å². The predicted octanol–water partition coefficient (Wildman–Crippen LogP) is 0.845. The van der Waals surface area contributed by atoms with Gasteiger partial charge in [-0.1, -0.05) is 0 Å². The molecule has 0 amide bonds. The molecule has 15 heavy (non-hydrogen) atoms. The first-order valence-electron chi connectivity index (χ1n) is 5.59. The van der Waals surface area contributed by atoms with Gasteiger partial charge in [0.05, 0.1) is 13.2 Å². The van der Waals surface area contributed by atoms with Crippen LogP contribution in [-0.2, 0) is 17.8 Å². The van der Waals surface area contributed by atoms with Gasteiger partial charge in [0.25, 0.3) is 0 Å². The van der Waals surface area contributed by atoms with Crippen LogP contribution in [0.5, 0.6) is 0 Å². The molecule has 1 fully saturated rings. The summed E-state index contributed by atoms with van der Waals surface area (Å²) in [6.07, 6.45) is 4.31. The number of hydrogen-bond donors (Lipinski definition) is 1. The van der Waals surface area contributed by atoms with E-state index in [2.05, 4.69) is 40.4 Å². The summed E-state index contributed by atoms with van der Waals surface area (Å²) >= 11 is 0. The third-order valence-electron chi connectivity index (χ3n) is 2.69. The van der Waals surface area contributed by atoms with Crippen molar-refractivity contribution in [1.82, 2.24) is 15.0 Å². The van der Waals surface area contributed by atoms with E-state index >= 15 is 0 Å². The van der Waals surface area contributed by atoms with E-state index in [4.69, 9.17) is 4.74 Å². The molecule has 0 radical (unpaired) electrons. The van der Waals surface area contributed by atoms with Crippen molar-refractivity contribution in [2.24, 2.45) is 0 Å². The highest BCUT2D eigenvalue weighted by Crippen LogP contribution is 2.01. The van der Waals surface area contributed by atoms with E-state index in [1.54, 1.807) is 0 Å². The zero-order valence-corrected chi connectivity index (χ0v) is 9.28. The van der Waals surface area contributed by atoms with Crippen LogP contribution in [0.3, 0.4) is 0 Å². The summed E-state index contributed by atoms with van der Waals surface area (Å²) in [5.41, 5.74) is 4.75. The number of morpholine rings is 1. The second-order valence-corrected chi connectivity index (χ2v) is 3.78. The SMILES string of the molecule is CCn1ccc(CNN2CCOCC2)c1. The van der Waals surface area contributed by atoms with Crippen molar-refractivity contribution < 1.29 is 4.74 Å². The number of aromatic nitrogens is 1. The van der Waals surface area contributed by atoms with Crippen LogP contribution in [0.4, 0.5) is 0 Å². The third-order valence-corrected chi connectivity index (χ3v) is 2.69. The van der Waals surface area contributed by atoms with Gasteiger partial charge in [-0.3, -0.25) is 5.43 Å². The Morgan fingerprint density at radius 2 is 2.20 bits per heavy atom. The van der Waals surface area contributed by atoms with Gasteiger partial charge < -0.3 is 9.30 Å². The summed E-state index contributed by atoms with van der Waals surface area (Å²) in [6.45, 7) is 7.73. The summed E-state index contributed by atoms with van der Waals surface area (Å²) in [5, 5.41) is 2.23. The highest BCUT2D eigenvalue weighted by molar-refractivity contribution is 5.09. The lowest BCUT2D eigenvalue weighted by Crippen LogP contribution is -2.45. The molecule has 0 bridgehead atoms. The van der Waals surface area contributed by atoms with Crippen molar-refractivity contribution in [2.75, 3.05) is 26.3 Å². The number of hydrogen-bond acceptors (Lipinski definition) is 3. The van der Waals surface area contributed by atoms with Gasteiger partial charge in [-0.15, -0.1) is 0 Å². The molecule has 4 heteroatoms. The fraction of sp³-hybridized carbons (Fsp3) is 0.636. The minimum Gasteiger partial charge on any atom is -0.379 e. The van der Waals surface area contributed by atoms with Gasteiger partial charge in [-0.2, -0.15) is 0 Å². The normalized spacial score (nSPS) is 18.2. The molecule has 1 aromatic rings. The van der Waals surface area contributed by atoms with Gasteiger partial charge in [-0.05, 0) is 18.6 Å². The standard InChI is InChI=1S/C11H19N3O/c1-2-13-4-3-11(10-13)9-12-14-5-7-15-8-6-14/h3-4,10,12H,2,5-9H2,1H3.